The molecule has 0 N–H and O–H groups in total. The predicted molar refractivity (Wildman–Crippen MR) is 91.2 cm³/mol. The fourth-order valence-corrected chi connectivity index (χ4v) is 5.26. The van der Waals surface area contributed by atoms with E-state index in [1.165, 1.54) is 64.2 Å². The molecule has 0 aliphatic rings. The van der Waals surface area contributed by atoms with Gasteiger partial charge < -0.3 is 0 Å². The Morgan fingerprint density at radius 3 is 1.42 bits per heavy atom. The van der Waals surface area contributed by atoms with Gasteiger partial charge in [-0.05, 0) is 11.8 Å². The second kappa shape index (κ2) is 15.2. The summed E-state index contributed by atoms with van der Waals surface area (Å²) in [5, 5.41) is 0. The van der Waals surface area contributed by atoms with Crippen molar-refractivity contribution < 1.29 is 0 Å². The van der Waals surface area contributed by atoms with Gasteiger partial charge in [0.25, 0.3) is 0 Å². The summed E-state index contributed by atoms with van der Waals surface area (Å²) in [6, 6.07) is 0. The van der Waals surface area contributed by atoms with E-state index in [2.05, 4.69) is 27.7 Å². The van der Waals surface area contributed by atoms with E-state index in [9.17, 15) is 0 Å². The topological polar surface area (TPSA) is 0 Å². The van der Waals surface area contributed by atoms with E-state index in [1.54, 1.807) is 9.10 Å². The Labute approximate surface area is 133 Å². The van der Waals surface area contributed by atoms with Crippen LogP contribution in [0, 0.1) is 11.8 Å². The summed E-state index contributed by atoms with van der Waals surface area (Å²) in [4.78, 5) is 0. The quantitative estimate of drug-likeness (QED) is 0.244. The Morgan fingerprint density at radius 1 is 0.632 bits per heavy atom. The van der Waals surface area contributed by atoms with Crippen molar-refractivity contribution in [3.63, 3.8) is 0 Å². The Morgan fingerprint density at radius 2 is 1.05 bits per heavy atom. The first-order valence-corrected chi connectivity index (χ1v) is 11.2. The average molecular weight is 279 g/mol. The van der Waals surface area contributed by atoms with Gasteiger partial charge in [0.15, 0.2) is 0 Å². The molecule has 0 aliphatic carbocycles. The molecule has 0 rings (SSSR count). The number of rotatable bonds is 14. The third-order valence-corrected chi connectivity index (χ3v) is 6.31. The van der Waals surface area contributed by atoms with Crippen molar-refractivity contribution >= 4 is 20.4 Å². The van der Waals surface area contributed by atoms with Crippen LogP contribution in [0.4, 0.5) is 0 Å². The van der Waals surface area contributed by atoms with Gasteiger partial charge in [-0.25, -0.2) is 0 Å². The van der Waals surface area contributed by atoms with Crippen LogP contribution >= 0.6 is 0 Å². The maximum absolute atomic E-state index is 2.47. The summed E-state index contributed by atoms with van der Waals surface area (Å²) >= 11 is 0.269. The second-order valence-corrected chi connectivity index (χ2v) is 8.96. The minimum Gasteiger partial charge on any atom is -0.146 e. The highest BCUT2D eigenvalue weighted by molar-refractivity contribution is 6.35. The van der Waals surface area contributed by atoms with E-state index in [1.807, 2.05) is 0 Å². The molecule has 0 aromatic rings. The van der Waals surface area contributed by atoms with Crippen molar-refractivity contribution in [1.82, 2.24) is 0 Å². The lowest BCUT2D eigenvalue weighted by molar-refractivity contribution is 0.475. The molecule has 0 aromatic carbocycles. The third-order valence-electron chi connectivity index (χ3n) is 4.49. The highest BCUT2D eigenvalue weighted by atomic mass is 24.5. The van der Waals surface area contributed by atoms with E-state index in [0.717, 1.165) is 11.8 Å². The van der Waals surface area contributed by atoms with Gasteiger partial charge in [0.2, 0.25) is 0 Å². The van der Waals surface area contributed by atoms with Crippen molar-refractivity contribution in [2.24, 2.45) is 11.8 Å². The van der Waals surface area contributed by atoms with E-state index >= 15 is 0 Å². The van der Waals surface area contributed by atoms with Crippen LogP contribution in [0.2, 0.25) is 9.10 Å². The van der Waals surface area contributed by atoms with E-state index in [-0.39, 0.29) is 20.4 Å². The smallest absolute Gasteiger partial charge is 0.146 e. The minimum atomic E-state index is 0.269. The van der Waals surface area contributed by atoms with Crippen molar-refractivity contribution in [2.45, 2.75) is 101 Å². The van der Waals surface area contributed by atoms with Gasteiger partial charge in [0, 0.05) is 0 Å². The Kier molecular flexibility index (Phi) is 15.8. The Balaban J connectivity index is 3.24. The fraction of sp³-hybridized carbons (Fsp3) is 1.00. The molecule has 0 aromatic heterocycles. The molecule has 0 bridgehead atoms. The highest BCUT2D eigenvalue weighted by Crippen LogP contribution is 2.18. The summed E-state index contributed by atoms with van der Waals surface area (Å²) in [5.41, 5.74) is 0. The zero-order valence-corrected chi connectivity index (χ0v) is 15.8. The molecular formula is C18H38Mg. The zero-order chi connectivity index (χ0) is 14.3. The normalized spacial score (nSPS) is 14.1. The Bertz CT molecular complexity index is 149. The standard InChI is InChI=1S/2C9H19.Mg/c2*1-4-6-7-8-9(3)5-2;/h2*9H,2,4-8H2,1,3H3;. The van der Waals surface area contributed by atoms with E-state index in [0.29, 0.717) is 0 Å². The third kappa shape index (κ3) is 15.0. The summed E-state index contributed by atoms with van der Waals surface area (Å²) in [6.45, 7) is 9.55. The second-order valence-electron chi connectivity index (χ2n) is 6.84. The molecule has 0 aliphatic heterocycles. The van der Waals surface area contributed by atoms with Crippen LogP contribution in [0.5, 0.6) is 0 Å². The zero-order valence-electron chi connectivity index (χ0n) is 14.3. The predicted octanol–water partition coefficient (Wildman–Crippen LogP) is 6.74. The molecule has 0 fully saturated rings. The lowest BCUT2D eigenvalue weighted by Crippen LogP contribution is -2.01. The molecule has 0 radical (unpaired) electrons. The van der Waals surface area contributed by atoms with E-state index in [4.69, 9.17) is 0 Å². The molecule has 0 nitrogen and oxygen atoms in total. The lowest BCUT2D eigenvalue weighted by atomic mass is 10.0. The molecule has 1 heteroatoms. The van der Waals surface area contributed by atoms with Crippen molar-refractivity contribution in [1.29, 1.82) is 0 Å². The van der Waals surface area contributed by atoms with Gasteiger partial charge in [-0.3, -0.25) is 0 Å². The van der Waals surface area contributed by atoms with Crippen LogP contribution < -0.4 is 0 Å². The van der Waals surface area contributed by atoms with Crippen LogP contribution in [0.25, 0.3) is 0 Å². The Hall–Kier alpha value is 0.766. The van der Waals surface area contributed by atoms with Gasteiger partial charge in [0.05, 0.1) is 0 Å². The fourth-order valence-electron chi connectivity index (χ4n) is 2.94. The summed E-state index contributed by atoms with van der Waals surface area (Å²) in [5.74, 6) is 2.00. The van der Waals surface area contributed by atoms with Gasteiger partial charge in [-0.1, -0.05) is 91.9 Å². The molecule has 2 atom stereocenters. The maximum atomic E-state index is 2.47. The molecule has 2 unspecified atom stereocenters. The van der Waals surface area contributed by atoms with Crippen molar-refractivity contribution in [3.8, 4) is 0 Å². The van der Waals surface area contributed by atoms with Gasteiger partial charge >= 0.3 is 20.4 Å². The van der Waals surface area contributed by atoms with Crippen LogP contribution in [-0.2, 0) is 0 Å². The molecular weight excluding hydrogens is 241 g/mol. The van der Waals surface area contributed by atoms with Crippen LogP contribution in [-0.4, -0.2) is 20.4 Å². The van der Waals surface area contributed by atoms with Crippen LogP contribution in [0.3, 0.4) is 0 Å². The monoisotopic (exact) mass is 278 g/mol. The van der Waals surface area contributed by atoms with Gasteiger partial charge in [-0.2, -0.15) is 0 Å². The molecule has 0 saturated carbocycles. The summed E-state index contributed by atoms with van der Waals surface area (Å²) in [6.07, 6.45) is 14.6. The molecule has 0 spiro atoms. The first-order chi connectivity index (χ1) is 9.20. The molecule has 0 heterocycles. The minimum absolute atomic E-state index is 0.269. The van der Waals surface area contributed by atoms with Crippen LogP contribution in [0.15, 0.2) is 0 Å². The molecule has 112 valence electrons. The van der Waals surface area contributed by atoms with Crippen molar-refractivity contribution in [2.75, 3.05) is 0 Å². The first kappa shape index (κ1) is 19.8. The average Bonchev–Trinajstić information content (AvgIpc) is 2.39. The van der Waals surface area contributed by atoms with Crippen LogP contribution in [0.1, 0.15) is 91.9 Å². The van der Waals surface area contributed by atoms with E-state index < -0.39 is 0 Å². The molecule has 19 heavy (non-hydrogen) atoms. The summed E-state index contributed by atoms with van der Waals surface area (Å²) < 4.78 is 3.21. The highest BCUT2D eigenvalue weighted by Gasteiger charge is 2.06. The SMILES string of the molecule is CCCCCC(C)C[CH2][Mg][CH2]CC(C)CCCCC. The molecule has 0 saturated heterocycles. The number of hydrogen-bond acceptors (Lipinski definition) is 0. The number of hydrogen-bond donors (Lipinski definition) is 0. The first-order valence-electron chi connectivity index (χ1n) is 9.20. The lowest BCUT2D eigenvalue weighted by Gasteiger charge is -2.12. The summed E-state index contributed by atoms with van der Waals surface area (Å²) in [7, 11) is 0. The van der Waals surface area contributed by atoms with Crippen molar-refractivity contribution in [3.05, 3.63) is 0 Å². The molecule has 0 amide bonds. The van der Waals surface area contributed by atoms with Gasteiger partial charge in [-0.15, -0.1) is 9.10 Å². The number of unbranched alkanes of at least 4 members (excludes halogenated alkanes) is 4. The maximum Gasteiger partial charge on any atom is 0.364 e. The largest absolute Gasteiger partial charge is 0.364 e. The van der Waals surface area contributed by atoms with Gasteiger partial charge in [0.1, 0.15) is 0 Å².